The molecule has 0 aliphatic carbocycles. The minimum atomic E-state index is 0. The van der Waals surface area contributed by atoms with E-state index in [1.54, 1.807) is 0 Å². The first-order valence-electron chi connectivity index (χ1n) is 5.59. The fourth-order valence-electron chi connectivity index (χ4n) is 1.61. The summed E-state index contributed by atoms with van der Waals surface area (Å²) in [6, 6.07) is 0. The second-order valence-electron chi connectivity index (χ2n) is 3.74. The zero-order chi connectivity index (χ0) is 11.0. The Morgan fingerprint density at radius 1 is 1.13 bits per heavy atom. The molecule has 0 rings (SSSR count). The lowest BCUT2D eigenvalue weighted by Gasteiger charge is -2.31. The maximum Gasteiger partial charge on any atom is 0.221 e. The van der Waals surface area contributed by atoms with E-state index in [1.807, 2.05) is 7.05 Å². The second kappa shape index (κ2) is 8.98. The molecule has 0 unspecified atom stereocenters. The largest absolute Gasteiger partial charge is 0.351 e. The Morgan fingerprint density at radius 2 is 1.60 bits per heavy atom. The van der Waals surface area contributed by atoms with Crippen LogP contribution in [0.3, 0.4) is 0 Å². The maximum absolute atomic E-state index is 11.5. The lowest BCUT2D eigenvalue weighted by molar-refractivity contribution is -0.123. The number of nitrogens with one attached hydrogen (secondary N) is 2. The van der Waals surface area contributed by atoms with Gasteiger partial charge < -0.3 is 10.6 Å². The molecule has 0 aromatic rings. The van der Waals surface area contributed by atoms with Crippen molar-refractivity contribution in [3.63, 3.8) is 0 Å². The van der Waals surface area contributed by atoms with Crippen molar-refractivity contribution in [2.24, 2.45) is 0 Å². The molecular weight excluding hydrogens is 212 g/mol. The summed E-state index contributed by atoms with van der Waals surface area (Å²) in [6.07, 6.45) is 3.58. The summed E-state index contributed by atoms with van der Waals surface area (Å²) in [5.74, 6) is 0.157. The molecule has 0 saturated carbocycles. The van der Waals surface area contributed by atoms with Crippen molar-refractivity contribution in [2.75, 3.05) is 13.6 Å². The molecule has 4 heteroatoms. The molecule has 1 amide bonds. The van der Waals surface area contributed by atoms with Gasteiger partial charge in [0, 0.05) is 18.5 Å². The Morgan fingerprint density at radius 3 is 1.93 bits per heavy atom. The van der Waals surface area contributed by atoms with Crippen LogP contribution in [0.15, 0.2) is 0 Å². The molecule has 0 fully saturated rings. The first-order chi connectivity index (χ1) is 6.64. The predicted octanol–water partition coefficient (Wildman–Crippen LogP) is 2.10. The lowest BCUT2D eigenvalue weighted by Crippen LogP contribution is -2.47. The summed E-state index contributed by atoms with van der Waals surface area (Å²) in [5, 5.41) is 6.11. The minimum absolute atomic E-state index is 0. The molecule has 15 heavy (non-hydrogen) atoms. The normalized spacial score (nSPS) is 10.7. The van der Waals surface area contributed by atoms with E-state index >= 15 is 0 Å². The van der Waals surface area contributed by atoms with E-state index in [4.69, 9.17) is 0 Å². The quantitative estimate of drug-likeness (QED) is 0.711. The third-order valence-corrected chi connectivity index (χ3v) is 3.04. The molecule has 0 aromatic carbocycles. The van der Waals surface area contributed by atoms with Crippen molar-refractivity contribution in [1.29, 1.82) is 0 Å². The average Bonchev–Trinajstić information content (AvgIpc) is 2.23. The van der Waals surface area contributed by atoms with Crippen LogP contribution in [0.2, 0.25) is 0 Å². The van der Waals surface area contributed by atoms with Crippen LogP contribution in [-0.4, -0.2) is 25.0 Å². The van der Waals surface area contributed by atoms with E-state index in [-0.39, 0.29) is 23.9 Å². The number of halogens is 1. The highest BCUT2D eigenvalue weighted by molar-refractivity contribution is 5.85. The summed E-state index contributed by atoms with van der Waals surface area (Å²) < 4.78 is 0. The van der Waals surface area contributed by atoms with Gasteiger partial charge in [-0.2, -0.15) is 0 Å². The molecule has 3 nitrogen and oxygen atoms in total. The number of carbonyl (C=O) groups is 1. The summed E-state index contributed by atoms with van der Waals surface area (Å²) in [4.78, 5) is 11.5. The van der Waals surface area contributed by atoms with E-state index in [0.717, 1.165) is 25.8 Å². The van der Waals surface area contributed by atoms with Crippen LogP contribution in [0.25, 0.3) is 0 Å². The molecule has 0 heterocycles. The van der Waals surface area contributed by atoms with Crippen molar-refractivity contribution in [3.05, 3.63) is 0 Å². The van der Waals surface area contributed by atoms with E-state index in [1.165, 1.54) is 0 Å². The van der Waals surface area contributed by atoms with Gasteiger partial charge in [-0.15, -0.1) is 12.4 Å². The van der Waals surface area contributed by atoms with Gasteiger partial charge in [-0.1, -0.05) is 20.8 Å². The lowest BCUT2D eigenvalue weighted by atomic mass is 9.89. The molecule has 0 atom stereocenters. The van der Waals surface area contributed by atoms with Crippen molar-refractivity contribution >= 4 is 18.3 Å². The SMILES string of the molecule is CCC(CC)(CC)NC(=O)CCNC.Cl. The molecule has 92 valence electrons. The number of carbonyl (C=O) groups excluding carboxylic acids is 1. The minimum Gasteiger partial charge on any atom is -0.351 e. The van der Waals surface area contributed by atoms with Gasteiger partial charge in [-0.25, -0.2) is 0 Å². The van der Waals surface area contributed by atoms with E-state index < -0.39 is 0 Å². The molecule has 2 N–H and O–H groups in total. The van der Waals surface area contributed by atoms with E-state index in [9.17, 15) is 4.79 Å². The molecule has 0 radical (unpaired) electrons. The molecular formula is C11H25ClN2O. The Hall–Kier alpha value is -0.280. The standard InChI is InChI=1S/C11H24N2O.ClH/c1-5-11(6-2,7-3)13-10(14)8-9-12-4;/h12H,5-9H2,1-4H3,(H,13,14);1H. The van der Waals surface area contributed by atoms with Crippen LogP contribution in [0.5, 0.6) is 0 Å². The van der Waals surface area contributed by atoms with Crippen LogP contribution < -0.4 is 10.6 Å². The highest BCUT2D eigenvalue weighted by Gasteiger charge is 2.25. The Bertz CT molecular complexity index is 162. The third-order valence-electron chi connectivity index (χ3n) is 3.04. The molecule has 0 aliphatic rings. The zero-order valence-corrected chi connectivity index (χ0v) is 11.2. The van der Waals surface area contributed by atoms with Crippen molar-refractivity contribution < 1.29 is 4.79 Å². The topological polar surface area (TPSA) is 41.1 Å². The zero-order valence-electron chi connectivity index (χ0n) is 10.4. The first kappa shape index (κ1) is 17.1. The van der Waals surface area contributed by atoms with Gasteiger partial charge in [-0.3, -0.25) is 4.79 Å². The fourth-order valence-corrected chi connectivity index (χ4v) is 1.61. The number of amides is 1. The van der Waals surface area contributed by atoms with Crippen molar-refractivity contribution in [3.8, 4) is 0 Å². The Kier molecular flexibility index (Phi) is 10.3. The molecule has 0 spiro atoms. The van der Waals surface area contributed by atoms with Crippen LogP contribution in [0.1, 0.15) is 46.5 Å². The van der Waals surface area contributed by atoms with E-state index in [0.29, 0.717) is 6.42 Å². The van der Waals surface area contributed by atoms with E-state index in [2.05, 4.69) is 31.4 Å². The Balaban J connectivity index is 0. The molecule has 0 aliphatic heterocycles. The smallest absolute Gasteiger partial charge is 0.221 e. The van der Waals surface area contributed by atoms with Crippen LogP contribution in [-0.2, 0) is 4.79 Å². The monoisotopic (exact) mass is 236 g/mol. The summed E-state index contributed by atoms with van der Waals surface area (Å²) in [7, 11) is 1.86. The fraction of sp³-hybridized carbons (Fsp3) is 0.909. The van der Waals surface area contributed by atoms with Crippen LogP contribution in [0, 0.1) is 0 Å². The Labute approximate surface area is 99.8 Å². The highest BCUT2D eigenvalue weighted by Crippen LogP contribution is 2.19. The van der Waals surface area contributed by atoms with Gasteiger partial charge in [-0.05, 0) is 26.3 Å². The van der Waals surface area contributed by atoms with Crippen LogP contribution in [0.4, 0.5) is 0 Å². The second-order valence-corrected chi connectivity index (χ2v) is 3.74. The van der Waals surface area contributed by atoms with Gasteiger partial charge in [0.25, 0.3) is 0 Å². The molecule has 0 saturated heterocycles. The first-order valence-corrected chi connectivity index (χ1v) is 5.59. The number of hydrogen-bond donors (Lipinski definition) is 2. The number of hydrogen-bond acceptors (Lipinski definition) is 2. The van der Waals surface area contributed by atoms with Crippen molar-refractivity contribution in [1.82, 2.24) is 10.6 Å². The summed E-state index contributed by atoms with van der Waals surface area (Å²) >= 11 is 0. The van der Waals surface area contributed by atoms with Gasteiger partial charge in [0.15, 0.2) is 0 Å². The van der Waals surface area contributed by atoms with Gasteiger partial charge in [0.2, 0.25) is 5.91 Å². The average molecular weight is 237 g/mol. The summed E-state index contributed by atoms with van der Waals surface area (Å²) in [6.45, 7) is 7.14. The maximum atomic E-state index is 11.5. The number of rotatable bonds is 7. The molecule has 0 aromatic heterocycles. The summed E-state index contributed by atoms with van der Waals surface area (Å²) in [5.41, 5.74) is 0.0187. The van der Waals surface area contributed by atoms with Crippen molar-refractivity contribution in [2.45, 2.75) is 52.0 Å². The van der Waals surface area contributed by atoms with Crippen LogP contribution >= 0.6 is 12.4 Å². The molecule has 0 bridgehead atoms. The van der Waals surface area contributed by atoms with Gasteiger partial charge in [0.05, 0.1) is 0 Å². The van der Waals surface area contributed by atoms with Gasteiger partial charge in [0.1, 0.15) is 0 Å². The van der Waals surface area contributed by atoms with Gasteiger partial charge >= 0.3 is 0 Å². The third kappa shape index (κ3) is 6.00. The predicted molar refractivity (Wildman–Crippen MR) is 67.5 cm³/mol. The highest BCUT2D eigenvalue weighted by atomic mass is 35.5.